The van der Waals surface area contributed by atoms with Crippen LogP contribution in [0.3, 0.4) is 0 Å². The molecule has 0 saturated heterocycles. The zero-order chi connectivity index (χ0) is 12.8. The highest BCUT2D eigenvalue weighted by atomic mass is 16.5. The van der Waals surface area contributed by atoms with Crippen molar-refractivity contribution < 1.29 is 29.6 Å². The molecule has 0 aliphatic rings. The van der Waals surface area contributed by atoms with Crippen molar-refractivity contribution in [3.05, 3.63) is 35.4 Å². The third-order valence-electron chi connectivity index (χ3n) is 1.99. The standard InChI is InChI=1S/C11H12O6/c12-5-7(13)6-17-11(16)9-4-2-1-3-8(9)10(14)15/h1-4,7,12-13H,5-6H2,(H,14,15)/t7-/m1/s1. The first-order valence-electron chi connectivity index (χ1n) is 4.84. The first-order valence-corrected chi connectivity index (χ1v) is 4.84. The average Bonchev–Trinajstić information content (AvgIpc) is 2.35. The summed E-state index contributed by atoms with van der Waals surface area (Å²) < 4.78 is 4.66. The number of carbonyl (C=O) groups excluding carboxylic acids is 1. The Bertz CT molecular complexity index is 414. The number of carbonyl (C=O) groups is 2. The predicted octanol–water partition coefficient (Wildman–Crippen LogP) is -0.105. The number of esters is 1. The smallest absolute Gasteiger partial charge is 0.339 e. The molecule has 0 aliphatic carbocycles. The van der Waals surface area contributed by atoms with Crippen LogP contribution in [0.2, 0.25) is 0 Å². The summed E-state index contributed by atoms with van der Waals surface area (Å²) in [5.74, 6) is -2.09. The van der Waals surface area contributed by atoms with Gasteiger partial charge in [-0.15, -0.1) is 0 Å². The SMILES string of the molecule is O=C(O)c1ccccc1C(=O)OC[C@H](O)CO. The van der Waals surface area contributed by atoms with Gasteiger partial charge in [0, 0.05) is 0 Å². The highest BCUT2D eigenvalue weighted by Gasteiger charge is 2.17. The number of aliphatic hydroxyl groups is 2. The fourth-order valence-electron chi connectivity index (χ4n) is 1.15. The van der Waals surface area contributed by atoms with Crippen LogP contribution in [0, 0.1) is 0 Å². The molecular weight excluding hydrogens is 228 g/mol. The summed E-state index contributed by atoms with van der Waals surface area (Å²) in [6, 6.07) is 5.59. The van der Waals surface area contributed by atoms with Gasteiger partial charge in [-0.2, -0.15) is 0 Å². The summed E-state index contributed by atoms with van der Waals surface area (Å²) in [6.07, 6.45) is -1.17. The normalized spacial score (nSPS) is 11.9. The third kappa shape index (κ3) is 3.54. The molecule has 17 heavy (non-hydrogen) atoms. The van der Waals surface area contributed by atoms with E-state index in [2.05, 4.69) is 4.74 Å². The summed E-state index contributed by atoms with van der Waals surface area (Å²) in [5.41, 5.74) is -0.263. The van der Waals surface area contributed by atoms with Crippen molar-refractivity contribution in [2.24, 2.45) is 0 Å². The Morgan fingerprint density at radius 1 is 1.24 bits per heavy atom. The van der Waals surface area contributed by atoms with E-state index >= 15 is 0 Å². The van der Waals surface area contributed by atoms with Gasteiger partial charge in [-0.25, -0.2) is 9.59 Å². The number of aromatic carboxylic acids is 1. The van der Waals surface area contributed by atoms with Gasteiger partial charge in [-0.1, -0.05) is 12.1 Å². The van der Waals surface area contributed by atoms with Crippen LogP contribution in [-0.2, 0) is 4.74 Å². The average molecular weight is 240 g/mol. The fourth-order valence-corrected chi connectivity index (χ4v) is 1.15. The molecule has 0 radical (unpaired) electrons. The number of hydrogen-bond acceptors (Lipinski definition) is 5. The van der Waals surface area contributed by atoms with Gasteiger partial charge in [0.25, 0.3) is 0 Å². The van der Waals surface area contributed by atoms with Gasteiger partial charge in [0.1, 0.15) is 12.7 Å². The lowest BCUT2D eigenvalue weighted by Crippen LogP contribution is -2.22. The highest BCUT2D eigenvalue weighted by molar-refractivity contribution is 6.02. The minimum Gasteiger partial charge on any atom is -0.478 e. The van der Waals surface area contributed by atoms with E-state index in [9.17, 15) is 9.59 Å². The second-order valence-electron chi connectivity index (χ2n) is 3.29. The molecule has 0 aromatic heterocycles. The van der Waals surface area contributed by atoms with Crippen LogP contribution >= 0.6 is 0 Å². The number of rotatable bonds is 5. The number of carboxylic acids is 1. The lowest BCUT2D eigenvalue weighted by Gasteiger charge is -2.09. The molecule has 0 amide bonds. The molecular formula is C11H12O6. The van der Waals surface area contributed by atoms with Gasteiger partial charge >= 0.3 is 11.9 Å². The monoisotopic (exact) mass is 240 g/mol. The van der Waals surface area contributed by atoms with Crippen molar-refractivity contribution in [2.75, 3.05) is 13.2 Å². The Balaban J connectivity index is 2.78. The van der Waals surface area contributed by atoms with Gasteiger partial charge in [-0.05, 0) is 12.1 Å². The van der Waals surface area contributed by atoms with Crippen molar-refractivity contribution in [2.45, 2.75) is 6.10 Å². The van der Waals surface area contributed by atoms with E-state index in [-0.39, 0.29) is 17.7 Å². The molecule has 1 rings (SSSR count). The van der Waals surface area contributed by atoms with Crippen LogP contribution in [0.15, 0.2) is 24.3 Å². The molecule has 1 aromatic carbocycles. The third-order valence-corrected chi connectivity index (χ3v) is 1.99. The molecule has 1 atom stereocenters. The first kappa shape index (κ1) is 13.1. The summed E-state index contributed by atoms with van der Waals surface area (Å²) in [7, 11) is 0. The van der Waals surface area contributed by atoms with Crippen LogP contribution in [0.25, 0.3) is 0 Å². The quantitative estimate of drug-likeness (QED) is 0.620. The molecule has 0 spiro atoms. The Kier molecular flexibility index (Phi) is 4.62. The number of ether oxygens (including phenoxy) is 1. The van der Waals surface area contributed by atoms with Gasteiger partial charge in [0.15, 0.2) is 0 Å². The molecule has 1 aromatic rings. The Labute approximate surface area is 97.1 Å². The van der Waals surface area contributed by atoms with Gasteiger partial charge in [0.05, 0.1) is 17.7 Å². The van der Waals surface area contributed by atoms with Crippen molar-refractivity contribution >= 4 is 11.9 Å². The van der Waals surface area contributed by atoms with E-state index in [1.54, 1.807) is 0 Å². The number of carboxylic acid groups (broad SMARTS) is 1. The largest absolute Gasteiger partial charge is 0.478 e. The molecule has 92 valence electrons. The second-order valence-corrected chi connectivity index (χ2v) is 3.29. The first-order chi connectivity index (χ1) is 8.06. The topological polar surface area (TPSA) is 104 Å². The molecule has 6 heteroatoms. The van der Waals surface area contributed by atoms with E-state index in [4.69, 9.17) is 15.3 Å². The molecule has 0 unspecified atom stereocenters. The lowest BCUT2D eigenvalue weighted by molar-refractivity contribution is 0.00912. The molecule has 6 nitrogen and oxygen atoms in total. The molecule has 0 saturated carbocycles. The molecule has 3 N–H and O–H groups in total. The summed E-state index contributed by atoms with van der Waals surface area (Å²) >= 11 is 0. The summed E-state index contributed by atoms with van der Waals surface area (Å²) in [4.78, 5) is 22.3. The maximum atomic E-state index is 11.5. The van der Waals surface area contributed by atoms with E-state index in [0.29, 0.717) is 0 Å². The van der Waals surface area contributed by atoms with Crippen molar-refractivity contribution in [3.63, 3.8) is 0 Å². The highest BCUT2D eigenvalue weighted by Crippen LogP contribution is 2.10. The van der Waals surface area contributed by atoms with E-state index in [1.807, 2.05) is 0 Å². The zero-order valence-electron chi connectivity index (χ0n) is 8.87. The Hall–Kier alpha value is -1.92. The van der Waals surface area contributed by atoms with Crippen LogP contribution < -0.4 is 0 Å². The van der Waals surface area contributed by atoms with Crippen LogP contribution in [0.5, 0.6) is 0 Å². The van der Waals surface area contributed by atoms with E-state index < -0.39 is 24.6 Å². The van der Waals surface area contributed by atoms with Crippen LogP contribution in [-0.4, -0.2) is 46.6 Å². The van der Waals surface area contributed by atoms with Gasteiger partial charge < -0.3 is 20.1 Å². The van der Waals surface area contributed by atoms with Crippen LogP contribution in [0.1, 0.15) is 20.7 Å². The van der Waals surface area contributed by atoms with E-state index in [0.717, 1.165) is 0 Å². The van der Waals surface area contributed by atoms with Crippen molar-refractivity contribution in [3.8, 4) is 0 Å². The predicted molar refractivity (Wildman–Crippen MR) is 56.8 cm³/mol. The number of hydrogen-bond donors (Lipinski definition) is 3. The molecule has 0 fully saturated rings. The Morgan fingerprint density at radius 2 is 1.82 bits per heavy atom. The minimum atomic E-state index is -1.24. The maximum absolute atomic E-state index is 11.5. The van der Waals surface area contributed by atoms with Crippen LogP contribution in [0.4, 0.5) is 0 Å². The van der Waals surface area contributed by atoms with Crippen molar-refractivity contribution in [1.29, 1.82) is 0 Å². The molecule has 0 heterocycles. The van der Waals surface area contributed by atoms with Gasteiger partial charge in [-0.3, -0.25) is 0 Å². The minimum absolute atomic E-state index is 0.0925. The van der Waals surface area contributed by atoms with Gasteiger partial charge in [0.2, 0.25) is 0 Å². The van der Waals surface area contributed by atoms with Crippen molar-refractivity contribution in [1.82, 2.24) is 0 Å². The van der Waals surface area contributed by atoms with E-state index in [1.165, 1.54) is 24.3 Å². The summed E-state index contributed by atoms with van der Waals surface area (Å²) in [6.45, 7) is -0.919. The maximum Gasteiger partial charge on any atom is 0.339 e. The zero-order valence-corrected chi connectivity index (χ0v) is 8.87. The molecule has 0 bridgehead atoms. The number of benzene rings is 1. The molecule has 0 aliphatic heterocycles. The second kappa shape index (κ2) is 5.97. The lowest BCUT2D eigenvalue weighted by atomic mass is 10.1. The Morgan fingerprint density at radius 3 is 2.35 bits per heavy atom. The summed E-state index contributed by atoms with van der Waals surface area (Å²) in [5, 5.41) is 26.4. The number of aliphatic hydroxyl groups excluding tert-OH is 2. The fraction of sp³-hybridized carbons (Fsp3) is 0.273.